The van der Waals surface area contributed by atoms with Crippen LogP contribution in [0, 0.1) is 15.9 Å². The minimum absolute atomic E-state index is 0.289. The summed E-state index contributed by atoms with van der Waals surface area (Å²) in [6.07, 6.45) is 0. The average molecular weight is 268 g/mol. The molecule has 3 N–H and O–H groups in total. The molecule has 7 nitrogen and oxygen atoms in total. The number of benzene rings is 1. The number of carbonyl (C=O) groups is 1. The first-order valence-corrected chi connectivity index (χ1v) is 5.70. The Kier molecular flexibility index (Phi) is 3.61. The van der Waals surface area contributed by atoms with E-state index in [-0.39, 0.29) is 11.4 Å². The van der Waals surface area contributed by atoms with Crippen LogP contribution >= 0.6 is 0 Å². The molecule has 1 saturated heterocycles. The molecule has 1 aromatic carbocycles. The number of piperazine rings is 1. The monoisotopic (exact) mass is 268 g/mol. The number of nitrogens with zero attached hydrogens (tertiary/aromatic N) is 2. The number of amides is 1. The zero-order valence-corrected chi connectivity index (χ0v) is 10.0. The van der Waals surface area contributed by atoms with Crippen molar-refractivity contribution in [2.24, 2.45) is 5.73 Å². The van der Waals surface area contributed by atoms with Gasteiger partial charge in [0.1, 0.15) is 11.9 Å². The lowest BCUT2D eigenvalue weighted by Gasteiger charge is -2.35. The molecule has 1 fully saturated rings. The van der Waals surface area contributed by atoms with Crippen molar-refractivity contribution in [2.75, 3.05) is 24.5 Å². The molecule has 102 valence electrons. The number of hydrogen-bond acceptors (Lipinski definition) is 5. The van der Waals surface area contributed by atoms with Crippen molar-refractivity contribution in [2.45, 2.75) is 6.04 Å². The summed E-state index contributed by atoms with van der Waals surface area (Å²) in [6, 6.07) is 2.60. The van der Waals surface area contributed by atoms with Crippen molar-refractivity contribution in [3.05, 3.63) is 34.1 Å². The molecule has 8 heteroatoms. The van der Waals surface area contributed by atoms with Crippen LogP contribution in [-0.2, 0) is 4.79 Å². The topological polar surface area (TPSA) is 102 Å². The van der Waals surface area contributed by atoms with Gasteiger partial charge in [-0.05, 0) is 6.07 Å². The number of halogens is 1. The molecule has 0 radical (unpaired) electrons. The van der Waals surface area contributed by atoms with Crippen molar-refractivity contribution in [3.8, 4) is 0 Å². The molecular weight excluding hydrogens is 255 g/mol. The summed E-state index contributed by atoms with van der Waals surface area (Å²) in [6.45, 7) is 1.35. The molecule has 1 heterocycles. The highest BCUT2D eigenvalue weighted by Gasteiger charge is 2.28. The van der Waals surface area contributed by atoms with Gasteiger partial charge in [0, 0.05) is 31.4 Å². The highest BCUT2D eigenvalue weighted by molar-refractivity contribution is 5.84. The third-order valence-corrected chi connectivity index (χ3v) is 2.98. The van der Waals surface area contributed by atoms with Gasteiger partial charge in [-0.15, -0.1) is 0 Å². The summed E-state index contributed by atoms with van der Waals surface area (Å²) in [7, 11) is 0. The maximum atomic E-state index is 13.4. The molecule has 0 bridgehead atoms. The Bertz CT molecular complexity index is 523. The van der Waals surface area contributed by atoms with E-state index in [1.165, 1.54) is 6.07 Å². The molecule has 1 aliphatic heterocycles. The van der Waals surface area contributed by atoms with Gasteiger partial charge >= 0.3 is 0 Å². The molecule has 0 aromatic heterocycles. The number of anilines is 1. The Morgan fingerprint density at radius 2 is 2.26 bits per heavy atom. The van der Waals surface area contributed by atoms with Gasteiger partial charge in [0.05, 0.1) is 11.0 Å². The summed E-state index contributed by atoms with van der Waals surface area (Å²) in [5.74, 6) is -1.27. The van der Waals surface area contributed by atoms with Gasteiger partial charge < -0.3 is 16.0 Å². The second kappa shape index (κ2) is 5.19. The molecular formula is C11H13FN4O3. The first-order chi connectivity index (χ1) is 8.99. The van der Waals surface area contributed by atoms with Crippen LogP contribution in [0.1, 0.15) is 0 Å². The summed E-state index contributed by atoms with van der Waals surface area (Å²) >= 11 is 0. The molecule has 1 aliphatic rings. The van der Waals surface area contributed by atoms with Crippen LogP contribution in [0.5, 0.6) is 0 Å². The van der Waals surface area contributed by atoms with Gasteiger partial charge in [-0.1, -0.05) is 0 Å². The van der Waals surface area contributed by atoms with E-state index in [9.17, 15) is 19.3 Å². The van der Waals surface area contributed by atoms with Crippen LogP contribution in [0.2, 0.25) is 0 Å². The first kappa shape index (κ1) is 13.2. The molecule has 1 amide bonds. The van der Waals surface area contributed by atoms with Crippen molar-refractivity contribution in [1.82, 2.24) is 5.32 Å². The van der Waals surface area contributed by atoms with Crippen LogP contribution in [0.4, 0.5) is 15.8 Å². The zero-order valence-electron chi connectivity index (χ0n) is 10.0. The van der Waals surface area contributed by atoms with Gasteiger partial charge in [-0.2, -0.15) is 0 Å². The summed E-state index contributed by atoms with van der Waals surface area (Å²) in [5, 5.41) is 13.7. The van der Waals surface area contributed by atoms with Crippen LogP contribution in [0.15, 0.2) is 18.2 Å². The molecule has 1 aromatic rings. The Balaban J connectivity index is 2.38. The molecule has 1 unspecified atom stereocenters. The second-order valence-corrected chi connectivity index (χ2v) is 4.24. The Labute approximate surface area is 108 Å². The number of hydrogen-bond donors (Lipinski definition) is 2. The number of non-ortho nitro benzene ring substituents is 1. The standard InChI is InChI=1S/C11H13FN4O3/c12-7-3-8(5-9(4-7)16(18)19)15-2-1-14-6-10(15)11(13)17/h3-5,10,14H,1-2,6H2,(H2,13,17). The van der Waals surface area contributed by atoms with Gasteiger partial charge in [0.2, 0.25) is 5.91 Å². The third-order valence-electron chi connectivity index (χ3n) is 2.98. The Morgan fingerprint density at radius 1 is 1.53 bits per heavy atom. The van der Waals surface area contributed by atoms with E-state index in [1.807, 2.05) is 0 Å². The van der Waals surface area contributed by atoms with Crippen molar-refractivity contribution < 1.29 is 14.1 Å². The van der Waals surface area contributed by atoms with E-state index in [0.717, 1.165) is 12.1 Å². The SMILES string of the molecule is NC(=O)C1CNCCN1c1cc(F)cc([N+](=O)[O-])c1. The summed E-state index contributed by atoms with van der Waals surface area (Å²) in [5.41, 5.74) is 5.22. The number of rotatable bonds is 3. The van der Waals surface area contributed by atoms with E-state index >= 15 is 0 Å². The largest absolute Gasteiger partial charge is 0.368 e. The van der Waals surface area contributed by atoms with Gasteiger partial charge in [0.15, 0.2) is 0 Å². The molecule has 19 heavy (non-hydrogen) atoms. The zero-order chi connectivity index (χ0) is 14.0. The van der Waals surface area contributed by atoms with Crippen molar-refractivity contribution in [1.29, 1.82) is 0 Å². The Morgan fingerprint density at radius 3 is 2.89 bits per heavy atom. The lowest BCUT2D eigenvalue weighted by molar-refractivity contribution is -0.385. The number of nitrogens with one attached hydrogen (secondary N) is 1. The second-order valence-electron chi connectivity index (χ2n) is 4.24. The predicted octanol–water partition coefficient (Wildman–Crippen LogP) is -0.00260. The highest BCUT2D eigenvalue weighted by Crippen LogP contribution is 2.25. The minimum atomic E-state index is -0.717. The molecule has 1 atom stereocenters. The maximum Gasteiger partial charge on any atom is 0.274 e. The van der Waals surface area contributed by atoms with E-state index in [1.54, 1.807) is 4.90 Å². The molecule has 0 spiro atoms. The first-order valence-electron chi connectivity index (χ1n) is 5.70. The number of nitro benzene ring substituents is 1. The number of carbonyl (C=O) groups excluding carboxylic acids is 1. The van der Waals surface area contributed by atoms with E-state index in [2.05, 4.69) is 5.32 Å². The summed E-state index contributed by atoms with van der Waals surface area (Å²) < 4.78 is 13.4. The van der Waals surface area contributed by atoms with Crippen LogP contribution in [0.25, 0.3) is 0 Å². The number of nitro groups is 1. The molecule has 2 rings (SSSR count). The van der Waals surface area contributed by atoms with Crippen molar-refractivity contribution >= 4 is 17.3 Å². The lowest BCUT2D eigenvalue weighted by Crippen LogP contribution is -2.57. The van der Waals surface area contributed by atoms with E-state index in [0.29, 0.717) is 19.6 Å². The number of primary amides is 1. The van der Waals surface area contributed by atoms with Crippen molar-refractivity contribution in [3.63, 3.8) is 0 Å². The van der Waals surface area contributed by atoms with Crippen LogP contribution < -0.4 is 16.0 Å². The maximum absolute atomic E-state index is 13.4. The smallest absolute Gasteiger partial charge is 0.274 e. The minimum Gasteiger partial charge on any atom is -0.368 e. The third kappa shape index (κ3) is 2.79. The average Bonchev–Trinajstić information content (AvgIpc) is 2.37. The quantitative estimate of drug-likeness (QED) is 0.593. The highest BCUT2D eigenvalue weighted by atomic mass is 19.1. The normalized spacial score (nSPS) is 19.2. The van der Waals surface area contributed by atoms with Gasteiger partial charge in [-0.25, -0.2) is 4.39 Å². The predicted molar refractivity (Wildman–Crippen MR) is 66.3 cm³/mol. The fraction of sp³-hybridized carbons (Fsp3) is 0.364. The van der Waals surface area contributed by atoms with Gasteiger partial charge in [0.25, 0.3) is 5.69 Å². The van der Waals surface area contributed by atoms with Crippen LogP contribution in [-0.4, -0.2) is 36.5 Å². The molecule has 0 saturated carbocycles. The number of nitrogens with two attached hydrogens (primary N) is 1. The Hall–Kier alpha value is -2.22. The molecule has 0 aliphatic carbocycles. The van der Waals surface area contributed by atoms with E-state index < -0.39 is 22.7 Å². The van der Waals surface area contributed by atoms with Crippen LogP contribution in [0.3, 0.4) is 0 Å². The fourth-order valence-corrected chi connectivity index (χ4v) is 2.10. The summed E-state index contributed by atoms with van der Waals surface area (Å²) in [4.78, 5) is 23.0. The fourth-order valence-electron chi connectivity index (χ4n) is 2.10. The lowest BCUT2D eigenvalue weighted by atomic mass is 10.1. The van der Waals surface area contributed by atoms with E-state index in [4.69, 9.17) is 5.73 Å². The van der Waals surface area contributed by atoms with Gasteiger partial charge in [-0.3, -0.25) is 14.9 Å².